The fourth-order valence-corrected chi connectivity index (χ4v) is 3.84. The summed E-state index contributed by atoms with van der Waals surface area (Å²) in [7, 11) is 0. The van der Waals surface area contributed by atoms with Gasteiger partial charge in [0, 0.05) is 19.2 Å². The van der Waals surface area contributed by atoms with Gasteiger partial charge in [-0.1, -0.05) is 142 Å². The molecule has 0 spiro atoms. The standard InChI is InChI=1S/C26H54O.C2H4O2.Na/c1-3-5-7-9-11-13-15-17-19-21-23-25-27-26-24-22-20-18-16-14-12-10-8-6-4-2;1-2(3)4;/h3-26H2,1-2H3;1H3,(H,3,4);/q;;+1/p-1. The molecule has 0 rings (SSSR count). The second-order valence-corrected chi connectivity index (χ2v) is 9.18. The third-order valence-corrected chi connectivity index (χ3v) is 5.78. The van der Waals surface area contributed by atoms with E-state index in [0.29, 0.717) is 0 Å². The molecular formula is C28H57NaO3. The van der Waals surface area contributed by atoms with Gasteiger partial charge in [0.25, 0.3) is 0 Å². The molecule has 0 saturated carbocycles. The number of hydrogen-bond donors (Lipinski definition) is 0. The maximum Gasteiger partial charge on any atom is 1.00 e. The Labute approximate surface area is 224 Å². The van der Waals surface area contributed by atoms with Gasteiger partial charge in [0.1, 0.15) is 0 Å². The average molecular weight is 465 g/mol. The molecule has 0 heterocycles. The van der Waals surface area contributed by atoms with Crippen LogP contribution >= 0.6 is 0 Å². The van der Waals surface area contributed by atoms with Crippen molar-refractivity contribution in [1.82, 2.24) is 0 Å². The van der Waals surface area contributed by atoms with Crippen LogP contribution in [0.1, 0.15) is 162 Å². The van der Waals surface area contributed by atoms with Gasteiger partial charge in [0.15, 0.2) is 0 Å². The predicted molar refractivity (Wildman–Crippen MR) is 134 cm³/mol. The first-order chi connectivity index (χ1) is 15.1. The molecule has 0 fully saturated rings. The third kappa shape index (κ3) is 44.2. The van der Waals surface area contributed by atoms with E-state index in [1.54, 1.807) is 0 Å². The Morgan fingerprint density at radius 1 is 0.500 bits per heavy atom. The SMILES string of the molecule is CC(=O)[O-].CCCCCCCCCCCCCOCCCCCCCCCCCCC.[Na+]. The van der Waals surface area contributed by atoms with E-state index in [0.717, 1.165) is 20.1 Å². The Kier molecular flexibility index (Phi) is 41.6. The zero-order chi connectivity index (χ0) is 23.3. The molecule has 0 unspecified atom stereocenters. The quantitative estimate of drug-likeness (QED) is 0.142. The van der Waals surface area contributed by atoms with E-state index in [4.69, 9.17) is 14.6 Å². The molecule has 0 aromatic carbocycles. The summed E-state index contributed by atoms with van der Waals surface area (Å²) < 4.78 is 5.80. The molecule has 188 valence electrons. The van der Waals surface area contributed by atoms with Crippen LogP contribution < -0.4 is 34.7 Å². The Morgan fingerprint density at radius 2 is 0.688 bits per heavy atom. The first-order valence-corrected chi connectivity index (χ1v) is 13.9. The molecule has 0 aliphatic heterocycles. The molecular weight excluding hydrogens is 407 g/mol. The van der Waals surface area contributed by atoms with Crippen LogP contribution in [0, 0.1) is 0 Å². The van der Waals surface area contributed by atoms with Crippen molar-refractivity contribution in [3.05, 3.63) is 0 Å². The molecule has 0 N–H and O–H groups in total. The summed E-state index contributed by atoms with van der Waals surface area (Å²) in [5.74, 6) is -1.08. The summed E-state index contributed by atoms with van der Waals surface area (Å²) in [4.78, 5) is 8.89. The molecule has 0 atom stereocenters. The molecule has 0 bridgehead atoms. The monoisotopic (exact) mass is 464 g/mol. The van der Waals surface area contributed by atoms with Gasteiger partial charge in [-0.05, 0) is 19.8 Å². The smallest absolute Gasteiger partial charge is 0.550 e. The number of ether oxygens (including phenoxy) is 1. The van der Waals surface area contributed by atoms with Crippen LogP contribution in [-0.4, -0.2) is 19.2 Å². The number of hydrogen-bond acceptors (Lipinski definition) is 3. The normalized spacial score (nSPS) is 10.3. The zero-order valence-corrected chi connectivity index (χ0v) is 24.7. The van der Waals surface area contributed by atoms with E-state index in [1.165, 1.54) is 141 Å². The summed E-state index contributed by atoms with van der Waals surface area (Å²) in [6.45, 7) is 7.55. The first kappa shape index (κ1) is 37.0. The molecule has 0 aliphatic carbocycles. The predicted octanol–water partition coefficient (Wildman–Crippen LogP) is 5.39. The molecule has 3 nitrogen and oxygen atoms in total. The second kappa shape index (κ2) is 36.0. The number of carbonyl (C=O) groups is 1. The molecule has 4 heteroatoms. The average Bonchev–Trinajstić information content (AvgIpc) is 2.74. The van der Waals surface area contributed by atoms with Crippen molar-refractivity contribution in [3.8, 4) is 0 Å². The van der Waals surface area contributed by atoms with Crippen molar-refractivity contribution in [2.75, 3.05) is 13.2 Å². The van der Waals surface area contributed by atoms with E-state index in [2.05, 4.69) is 13.8 Å². The summed E-state index contributed by atoms with van der Waals surface area (Å²) >= 11 is 0. The van der Waals surface area contributed by atoms with Gasteiger partial charge < -0.3 is 14.6 Å². The minimum absolute atomic E-state index is 0. The Bertz CT molecular complexity index is 296. The van der Waals surface area contributed by atoms with E-state index in [1.807, 2.05) is 0 Å². The third-order valence-electron chi connectivity index (χ3n) is 5.78. The van der Waals surface area contributed by atoms with E-state index in [9.17, 15) is 0 Å². The van der Waals surface area contributed by atoms with Crippen LogP contribution in [0.15, 0.2) is 0 Å². The van der Waals surface area contributed by atoms with Gasteiger partial charge in [-0.15, -0.1) is 0 Å². The van der Waals surface area contributed by atoms with Gasteiger partial charge in [-0.25, -0.2) is 0 Å². The summed E-state index contributed by atoms with van der Waals surface area (Å²) in [5.41, 5.74) is 0. The fourth-order valence-electron chi connectivity index (χ4n) is 3.84. The minimum Gasteiger partial charge on any atom is -0.550 e. The van der Waals surface area contributed by atoms with Crippen LogP contribution in [0.25, 0.3) is 0 Å². The summed E-state index contributed by atoms with van der Waals surface area (Å²) in [6.07, 6.45) is 31.1. The fraction of sp³-hybridized carbons (Fsp3) is 0.964. The molecule has 0 aromatic heterocycles. The summed E-state index contributed by atoms with van der Waals surface area (Å²) in [5, 5.41) is 8.89. The van der Waals surface area contributed by atoms with Crippen LogP contribution in [0.2, 0.25) is 0 Å². The van der Waals surface area contributed by atoms with Gasteiger partial charge in [0.05, 0.1) is 0 Å². The molecule has 0 saturated heterocycles. The second-order valence-electron chi connectivity index (χ2n) is 9.18. The van der Waals surface area contributed by atoms with E-state index >= 15 is 0 Å². The number of carboxylic acid groups (broad SMARTS) is 1. The number of carboxylic acids is 1. The number of rotatable bonds is 24. The van der Waals surface area contributed by atoms with Gasteiger partial charge in [-0.3, -0.25) is 0 Å². The van der Waals surface area contributed by atoms with Crippen molar-refractivity contribution in [1.29, 1.82) is 0 Å². The van der Waals surface area contributed by atoms with E-state index in [-0.39, 0.29) is 29.6 Å². The number of unbranched alkanes of at least 4 members (excludes halogenated alkanes) is 20. The van der Waals surface area contributed by atoms with Crippen LogP contribution in [0.5, 0.6) is 0 Å². The molecule has 0 aliphatic rings. The Hall–Kier alpha value is 0.430. The van der Waals surface area contributed by atoms with Crippen LogP contribution in [0.3, 0.4) is 0 Å². The Morgan fingerprint density at radius 3 is 0.906 bits per heavy atom. The van der Waals surface area contributed by atoms with Crippen molar-refractivity contribution in [2.45, 2.75) is 162 Å². The van der Waals surface area contributed by atoms with Crippen molar-refractivity contribution >= 4 is 5.97 Å². The summed E-state index contributed by atoms with van der Waals surface area (Å²) in [6, 6.07) is 0. The largest absolute Gasteiger partial charge is 1.00 e. The number of carbonyl (C=O) groups excluding carboxylic acids is 1. The van der Waals surface area contributed by atoms with Gasteiger partial charge in [0.2, 0.25) is 0 Å². The maximum atomic E-state index is 8.89. The van der Waals surface area contributed by atoms with Crippen LogP contribution in [0.4, 0.5) is 0 Å². The van der Waals surface area contributed by atoms with Crippen molar-refractivity contribution in [2.24, 2.45) is 0 Å². The molecule has 32 heavy (non-hydrogen) atoms. The molecule has 0 amide bonds. The number of aliphatic carboxylic acids is 1. The zero-order valence-electron chi connectivity index (χ0n) is 22.7. The first-order valence-electron chi connectivity index (χ1n) is 13.9. The molecule has 0 radical (unpaired) electrons. The van der Waals surface area contributed by atoms with Gasteiger partial charge in [-0.2, -0.15) is 0 Å². The minimum atomic E-state index is -1.08. The van der Waals surface area contributed by atoms with Crippen molar-refractivity contribution < 1.29 is 44.2 Å². The Balaban J connectivity index is -0.00000154. The van der Waals surface area contributed by atoms with Gasteiger partial charge >= 0.3 is 29.6 Å². The topological polar surface area (TPSA) is 49.4 Å². The molecule has 0 aromatic rings. The van der Waals surface area contributed by atoms with Crippen LogP contribution in [-0.2, 0) is 9.53 Å². The van der Waals surface area contributed by atoms with Crippen molar-refractivity contribution in [3.63, 3.8) is 0 Å². The van der Waals surface area contributed by atoms with E-state index < -0.39 is 5.97 Å². The maximum absolute atomic E-state index is 8.89.